The molecule has 2 aromatic carbocycles. The first-order chi connectivity index (χ1) is 15.0. The molecule has 3 aromatic rings. The summed E-state index contributed by atoms with van der Waals surface area (Å²) >= 11 is 6.36. The number of para-hydroxylation sites is 1. The minimum Gasteiger partial charge on any atom is -0.493 e. The van der Waals surface area contributed by atoms with Gasteiger partial charge in [-0.3, -0.25) is 4.79 Å². The lowest BCUT2D eigenvalue weighted by molar-refractivity contribution is 0.102. The number of nitrogens with one attached hydrogen (secondary N) is 1. The van der Waals surface area contributed by atoms with Gasteiger partial charge in [-0.1, -0.05) is 37.6 Å². The molecular formula is C24H24ClN3O3. The Hall–Kier alpha value is -3.25. The molecule has 0 saturated carbocycles. The van der Waals surface area contributed by atoms with Crippen molar-refractivity contribution in [2.75, 3.05) is 30.0 Å². The second-order valence-electron chi connectivity index (χ2n) is 7.65. The Kier molecular flexibility index (Phi) is 6.28. The zero-order valence-electron chi connectivity index (χ0n) is 17.5. The van der Waals surface area contributed by atoms with Crippen LogP contribution in [0.15, 0.2) is 60.8 Å². The first kappa shape index (κ1) is 21.0. The van der Waals surface area contributed by atoms with Crippen LogP contribution in [-0.2, 0) is 0 Å². The number of carbonyl (C=O) groups excluding carboxylic acids is 1. The van der Waals surface area contributed by atoms with E-state index in [4.69, 9.17) is 21.1 Å². The summed E-state index contributed by atoms with van der Waals surface area (Å²) in [6, 6.07) is 16.4. The first-order valence-electron chi connectivity index (χ1n) is 10.2. The Labute approximate surface area is 186 Å². The molecule has 1 amide bonds. The summed E-state index contributed by atoms with van der Waals surface area (Å²) in [7, 11) is 0. The maximum absolute atomic E-state index is 13.1. The SMILES string of the molecule is CC(C)COc1cccc(NC(=O)c2cccc3c2OCCN3c2ncccc2Cl)c1. The number of aromatic nitrogens is 1. The summed E-state index contributed by atoms with van der Waals surface area (Å²) in [6.45, 7) is 5.80. The number of halogens is 1. The third kappa shape index (κ3) is 4.75. The molecule has 31 heavy (non-hydrogen) atoms. The van der Waals surface area contributed by atoms with E-state index in [1.165, 1.54) is 0 Å². The topological polar surface area (TPSA) is 63.7 Å². The molecule has 0 radical (unpaired) electrons. The first-order valence-corrected chi connectivity index (χ1v) is 10.6. The van der Waals surface area contributed by atoms with E-state index in [1.54, 1.807) is 24.4 Å². The smallest absolute Gasteiger partial charge is 0.259 e. The van der Waals surface area contributed by atoms with Crippen LogP contribution in [0.4, 0.5) is 17.2 Å². The molecule has 2 heterocycles. The molecule has 0 unspecified atom stereocenters. The highest BCUT2D eigenvalue weighted by molar-refractivity contribution is 6.33. The predicted octanol–water partition coefficient (Wildman–Crippen LogP) is 5.55. The molecule has 0 aliphatic carbocycles. The average molecular weight is 438 g/mol. The van der Waals surface area contributed by atoms with Gasteiger partial charge in [0.25, 0.3) is 5.91 Å². The van der Waals surface area contributed by atoms with E-state index >= 15 is 0 Å². The van der Waals surface area contributed by atoms with Crippen molar-refractivity contribution in [3.8, 4) is 11.5 Å². The van der Waals surface area contributed by atoms with Crippen molar-refractivity contribution in [3.05, 3.63) is 71.4 Å². The van der Waals surface area contributed by atoms with Crippen molar-refractivity contribution in [2.24, 2.45) is 5.92 Å². The molecule has 0 atom stereocenters. The number of pyridine rings is 1. The van der Waals surface area contributed by atoms with Gasteiger partial charge in [0.2, 0.25) is 0 Å². The maximum Gasteiger partial charge on any atom is 0.259 e. The van der Waals surface area contributed by atoms with Crippen molar-refractivity contribution in [3.63, 3.8) is 0 Å². The van der Waals surface area contributed by atoms with Gasteiger partial charge in [0, 0.05) is 18.0 Å². The lowest BCUT2D eigenvalue weighted by atomic mass is 10.1. The largest absolute Gasteiger partial charge is 0.493 e. The standard InChI is InChI=1S/C24H24ClN3O3/c1-16(2)15-31-18-7-3-6-17(14-18)27-24(29)19-8-4-10-21-22(19)30-13-12-28(21)23-20(25)9-5-11-26-23/h3-11,14,16H,12-13,15H2,1-2H3,(H,27,29). The number of ether oxygens (including phenoxy) is 2. The summed E-state index contributed by atoms with van der Waals surface area (Å²) in [6.07, 6.45) is 1.70. The van der Waals surface area contributed by atoms with E-state index in [1.807, 2.05) is 41.3 Å². The van der Waals surface area contributed by atoms with Crippen molar-refractivity contribution >= 4 is 34.7 Å². The molecule has 160 valence electrons. The van der Waals surface area contributed by atoms with Crippen molar-refractivity contribution in [1.82, 2.24) is 4.98 Å². The number of nitrogens with zero attached hydrogens (tertiary/aromatic N) is 2. The molecule has 4 rings (SSSR count). The zero-order valence-corrected chi connectivity index (χ0v) is 18.2. The van der Waals surface area contributed by atoms with E-state index in [2.05, 4.69) is 24.1 Å². The third-order valence-corrected chi connectivity index (χ3v) is 5.06. The van der Waals surface area contributed by atoms with E-state index in [0.29, 0.717) is 59.3 Å². The quantitative estimate of drug-likeness (QED) is 0.547. The van der Waals surface area contributed by atoms with Crippen molar-refractivity contribution in [1.29, 1.82) is 0 Å². The minimum atomic E-state index is -0.258. The van der Waals surface area contributed by atoms with Crippen LogP contribution in [0.3, 0.4) is 0 Å². The van der Waals surface area contributed by atoms with Gasteiger partial charge in [0.15, 0.2) is 11.6 Å². The van der Waals surface area contributed by atoms with Crippen LogP contribution in [0.5, 0.6) is 11.5 Å². The van der Waals surface area contributed by atoms with Crippen molar-refractivity contribution < 1.29 is 14.3 Å². The predicted molar refractivity (Wildman–Crippen MR) is 123 cm³/mol. The van der Waals surface area contributed by atoms with Gasteiger partial charge in [-0.15, -0.1) is 0 Å². The number of amides is 1. The molecule has 1 N–H and O–H groups in total. The van der Waals surface area contributed by atoms with Gasteiger partial charge in [-0.2, -0.15) is 0 Å². The monoisotopic (exact) mass is 437 g/mol. The Morgan fingerprint density at radius 1 is 1.23 bits per heavy atom. The van der Waals surface area contributed by atoms with Gasteiger partial charge >= 0.3 is 0 Å². The van der Waals surface area contributed by atoms with Crippen LogP contribution >= 0.6 is 11.6 Å². The molecule has 1 aliphatic heterocycles. The number of hydrogen-bond donors (Lipinski definition) is 1. The van der Waals surface area contributed by atoms with Crippen LogP contribution in [-0.4, -0.2) is 30.6 Å². The van der Waals surface area contributed by atoms with Gasteiger partial charge in [0.1, 0.15) is 12.4 Å². The van der Waals surface area contributed by atoms with E-state index in [9.17, 15) is 4.79 Å². The Morgan fingerprint density at radius 3 is 2.87 bits per heavy atom. The van der Waals surface area contributed by atoms with Gasteiger partial charge in [0.05, 0.1) is 29.4 Å². The Balaban J connectivity index is 1.59. The van der Waals surface area contributed by atoms with Crippen LogP contribution in [0.2, 0.25) is 5.02 Å². The summed E-state index contributed by atoms with van der Waals surface area (Å²) in [5.74, 6) is 2.03. The van der Waals surface area contributed by atoms with E-state index in [0.717, 1.165) is 5.69 Å². The van der Waals surface area contributed by atoms with Crippen LogP contribution < -0.4 is 19.7 Å². The maximum atomic E-state index is 13.1. The number of anilines is 3. The normalized spacial score (nSPS) is 12.8. The van der Waals surface area contributed by atoms with E-state index < -0.39 is 0 Å². The summed E-state index contributed by atoms with van der Waals surface area (Å²) < 4.78 is 11.7. The fourth-order valence-corrected chi connectivity index (χ4v) is 3.57. The molecule has 0 spiro atoms. The fraction of sp³-hybridized carbons (Fsp3) is 0.250. The Bertz CT molecular complexity index is 1090. The van der Waals surface area contributed by atoms with Gasteiger partial charge in [-0.25, -0.2) is 4.98 Å². The number of benzene rings is 2. The highest BCUT2D eigenvalue weighted by Crippen LogP contribution is 2.40. The second kappa shape index (κ2) is 9.27. The highest BCUT2D eigenvalue weighted by atomic mass is 35.5. The molecule has 6 nitrogen and oxygen atoms in total. The van der Waals surface area contributed by atoms with E-state index in [-0.39, 0.29) is 5.91 Å². The van der Waals surface area contributed by atoms with Crippen LogP contribution in [0.1, 0.15) is 24.2 Å². The zero-order chi connectivity index (χ0) is 21.8. The van der Waals surface area contributed by atoms with Crippen LogP contribution in [0, 0.1) is 5.92 Å². The molecule has 0 bridgehead atoms. The summed E-state index contributed by atoms with van der Waals surface area (Å²) in [4.78, 5) is 19.5. The number of hydrogen-bond acceptors (Lipinski definition) is 5. The van der Waals surface area contributed by atoms with Crippen LogP contribution in [0.25, 0.3) is 0 Å². The molecular weight excluding hydrogens is 414 g/mol. The molecule has 1 aliphatic rings. The summed E-state index contributed by atoms with van der Waals surface area (Å²) in [5, 5.41) is 3.49. The molecule has 7 heteroatoms. The molecule has 1 aromatic heterocycles. The lowest BCUT2D eigenvalue weighted by Crippen LogP contribution is -2.30. The van der Waals surface area contributed by atoms with Crippen molar-refractivity contribution in [2.45, 2.75) is 13.8 Å². The van der Waals surface area contributed by atoms with Gasteiger partial charge in [-0.05, 0) is 42.3 Å². The lowest BCUT2D eigenvalue weighted by Gasteiger charge is -2.31. The van der Waals surface area contributed by atoms with Gasteiger partial charge < -0.3 is 19.7 Å². The summed E-state index contributed by atoms with van der Waals surface area (Å²) in [5.41, 5.74) is 1.86. The highest BCUT2D eigenvalue weighted by Gasteiger charge is 2.26. The average Bonchev–Trinajstić information content (AvgIpc) is 2.77. The third-order valence-electron chi connectivity index (χ3n) is 4.76. The number of carbonyl (C=O) groups is 1. The fourth-order valence-electron chi connectivity index (χ4n) is 3.35. The Morgan fingerprint density at radius 2 is 2.06 bits per heavy atom. The number of fused-ring (bicyclic) bond motifs is 1. The molecule has 0 saturated heterocycles. The second-order valence-corrected chi connectivity index (χ2v) is 8.06. The number of rotatable bonds is 6. The molecule has 0 fully saturated rings. The minimum absolute atomic E-state index is 0.258.